The molecule has 1 aliphatic heterocycles. The summed E-state index contributed by atoms with van der Waals surface area (Å²) < 4.78 is 0. The maximum Gasteiger partial charge on any atom is 0.252 e. The first-order valence-electron chi connectivity index (χ1n) is 10.3. The average molecular weight is 390 g/mol. The van der Waals surface area contributed by atoms with Crippen LogP contribution in [0.4, 0.5) is 5.69 Å². The highest BCUT2D eigenvalue weighted by molar-refractivity contribution is 6.34. The van der Waals surface area contributed by atoms with E-state index in [0.29, 0.717) is 23.2 Å². The van der Waals surface area contributed by atoms with Gasteiger partial charge in [0, 0.05) is 24.8 Å². The molecule has 1 aromatic carbocycles. The first-order valence-corrected chi connectivity index (χ1v) is 10.7. The van der Waals surface area contributed by atoms with Crippen molar-refractivity contribution in [2.24, 2.45) is 11.8 Å². The zero-order valence-corrected chi connectivity index (χ0v) is 16.9. The number of amides is 1. The second-order valence-corrected chi connectivity index (χ2v) is 8.40. The standard InChI is InChI=1S/C22H32ClN3O/c1-2-4-16-6-7-17(13-16)5-3-11-25-22(27)20-9-8-18(14-21(20)23)26-19-10-12-24-15-19/h2,8-9,14,16-17,19,24,26H,1,3-7,10-13,15H2,(H,25,27). The van der Waals surface area contributed by atoms with Crippen LogP contribution in [0.15, 0.2) is 30.9 Å². The molecule has 0 bridgehead atoms. The second kappa shape index (κ2) is 10.1. The predicted octanol–water partition coefficient (Wildman–Crippen LogP) is 4.62. The fourth-order valence-electron chi connectivity index (χ4n) is 4.38. The number of nitrogens with one attached hydrogen (secondary N) is 3. The van der Waals surface area contributed by atoms with Crippen LogP contribution in [0.1, 0.15) is 55.3 Å². The van der Waals surface area contributed by atoms with Crippen molar-refractivity contribution >= 4 is 23.2 Å². The summed E-state index contributed by atoms with van der Waals surface area (Å²) in [5, 5.41) is 10.3. The van der Waals surface area contributed by atoms with Crippen molar-refractivity contribution in [2.75, 3.05) is 25.0 Å². The molecule has 3 unspecified atom stereocenters. The number of carbonyl (C=O) groups is 1. The second-order valence-electron chi connectivity index (χ2n) is 8.00. The average Bonchev–Trinajstić information content (AvgIpc) is 3.31. The number of allylic oxidation sites excluding steroid dienone is 1. The summed E-state index contributed by atoms with van der Waals surface area (Å²) >= 11 is 6.35. The highest BCUT2D eigenvalue weighted by Gasteiger charge is 2.23. The Morgan fingerprint density at radius 3 is 2.89 bits per heavy atom. The molecule has 3 rings (SSSR count). The molecule has 1 amide bonds. The molecule has 0 spiro atoms. The van der Waals surface area contributed by atoms with Crippen molar-refractivity contribution in [3.63, 3.8) is 0 Å². The van der Waals surface area contributed by atoms with Crippen molar-refractivity contribution in [1.82, 2.24) is 10.6 Å². The zero-order valence-electron chi connectivity index (χ0n) is 16.1. The minimum absolute atomic E-state index is 0.0787. The SMILES string of the molecule is C=CCC1CCC(CCCNC(=O)c2ccc(NC3CCNC3)cc2Cl)C1. The van der Waals surface area contributed by atoms with E-state index in [4.69, 9.17) is 11.6 Å². The summed E-state index contributed by atoms with van der Waals surface area (Å²) in [6.45, 7) is 6.57. The molecule has 1 saturated heterocycles. The van der Waals surface area contributed by atoms with E-state index >= 15 is 0 Å². The number of rotatable bonds is 9. The van der Waals surface area contributed by atoms with E-state index in [1.807, 2.05) is 24.3 Å². The lowest BCUT2D eigenvalue weighted by Crippen LogP contribution is -2.25. The summed E-state index contributed by atoms with van der Waals surface area (Å²) in [5.74, 6) is 1.56. The zero-order chi connectivity index (χ0) is 19.1. The topological polar surface area (TPSA) is 53.2 Å². The molecule has 1 aromatic rings. The lowest BCUT2D eigenvalue weighted by atomic mass is 9.98. The van der Waals surface area contributed by atoms with E-state index in [0.717, 1.165) is 49.9 Å². The van der Waals surface area contributed by atoms with Gasteiger partial charge in [0.2, 0.25) is 0 Å². The molecule has 2 aliphatic rings. The Hall–Kier alpha value is -1.52. The van der Waals surface area contributed by atoms with Crippen LogP contribution in [-0.4, -0.2) is 31.6 Å². The van der Waals surface area contributed by atoms with Gasteiger partial charge in [0.1, 0.15) is 0 Å². The molecule has 148 valence electrons. The Morgan fingerprint density at radius 1 is 1.30 bits per heavy atom. The lowest BCUT2D eigenvalue weighted by molar-refractivity contribution is 0.0952. The van der Waals surface area contributed by atoms with E-state index in [-0.39, 0.29) is 5.91 Å². The Bertz CT molecular complexity index is 642. The summed E-state index contributed by atoms with van der Waals surface area (Å²) in [7, 11) is 0. The van der Waals surface area contributed by atoms with Gasteiger partial charge in [-0.3, -0.25) is 4.79 Å². The minimum Gasteiger partial charge on any atom is -0.381 e. The van der Waals surface area contributed by atoms with Crippen LogP contribution in [0.2, 0.25) is 5.02 Å². The number of anilines is 1. The monoisotopic (exact) mass is 389 g/mol. The van der Waals surface area contributed by atoms with E-state index in [1.54, 1.807) is 0 Å². The van der Waals surface area contributed by atoms with Crippen LogP contribution >= 0.6 is 11.6 Å². The van der Waals surface area contributed by atoms with E-state index in [9.17, 15) is 4.79 Å². The molecule has 0 radical (unpaired) electrons. The summed E-state index contributed by atoms with van der Waals surface area (Å²) in [4.78, 5) is 12.4. The Labute approximate surface area is 168 Å². The van der Waals surface area contributed by atoms with E-state index in [1.165, 1.54) is 25.7 Å². The minimum atomic E-state index is -0.0787. The molecule has 1 aliphatic carbocycles. The highest BCUT2D eigenvalue weighted by atomic mass is 35.5. The van der Waals surface area contributed by atoms with Crippen LogP contribution in [0, 0.1) is 11.8 Å². The third-order valence-corrected chi connectivity index (χ3v) is 6.18. The Morgan fingerprint density at radius 2 is 2.15 bits per heavy atom. The number of hydrogen-bond donors (Lipinski definition) is 3. The van der Waals surface area contributed by atoms with Crippen molar-refractivity contribution in [2.45, 2.75) is 51.0 Å². The number of hydrogen-bond acceptors (Lipinski definition) is 3. The Balaban J connectivity index is 1.39. The molecule has 0 aromatic heterocycles. The normalized spacial score (nSPS) is 24.7. The predicted molar refractivity (Wildman–Crippen MR) is 114 cm³/mol. The van der Waals surface area contributed by atoms with Gasteiger partial charge < -0.3 is 16.0 Å². The van der Waals surface area contributed by atoms with Gasteiger partial charge in [-0.25, -0.2) is 0 Å². The maximum atomic E-state index is 12.4. The van der Waals surface area contributed by atoms with E-state index in [2.05, 4.69) is 22.5 Å². The van der Waals surface area contributed by atoms with Gasteiger partial charge in [0.05, 0.1) is 10.6 Å². The summed E-state index contributed by atoms with van der Waals surface area (Å²) in [5.41, 5.74) is 1.53. The third kappa shape index (κ3) is 5.98. The molecule has 1 saturated carbocycles. The third-order valence-electron chi connectivity index (χ3n) is 5.87. The van der Waals surface area contributed by atoms with Crippen molar-refractivity contribution in [3.05, 3.63) is 41.4 Å². The first-order chi connectivity index (χ1) is 13.2. The van der Waals surface area contributed by atoms with E-state index < -0.39 is 0 Å². The van der Waals surface area contributed by atoms with Crippen molar-refractivity contribution < 1.29 is 4.79 Å². The van der Waals surface area contributed by atoms with Crippen molar-refractivity contribution in [1.29, 1.82) is 0 Å². The summed E-state index contributed by atoms with van der Waals surface area (Å²) in [6.07, 6.45) is 10.5. The number of benzene rings is 1. The maximum absolute atomic E-state index is 12.4. The quantitative estimate of drug-likeness (QED) is 0.426. The van der Waals surface area contributed by atoms with Gasteiger partial charge in [0.15, 0.2) is 0 Å². The van der Waals surface area contributed by atoms with Gasteiger partial charge in [-0.1, -0.05) is 24.1 Å². The molecule has 3 N–H and O–H groups in total. The number of carbonyl (C=O) groups excluding carboxylic acids is 1. The van der Waals surface area contributed by atoms with Gasteiger partial charge in [-0.15, -0.1) is 6.58 Å². The molecule has 3 atom stereocenters. The Kier molecular flexibility index (Phi) is 7.59. The largest absolute Gasteiger partial charge is 0.381 e. The highest BCUT2D eigenvalue weighted by Crippen LogP contribution is 2.35. The van der Waals surface area contributed by atoms with Gasteiger partial charge >= 0.3 is 0 Å². The molecule has 27 heavy (non-hydrogen) atoms. The molecular formula is C22H32ClN3O. The smallest absolute Gasteiger partial charge is 0.252 e. The first kappa shape index (κ1) is 20.2. The molecule has 5 heteroatoms. The van der Waals surface area contributed by atoms with Crippen LogP contribution in [-0.2, 0) is 0 Å². The lowest BCUT2D eigenvalue weighted by Gasteiger charge is -2.14. The molecule has 1 heterocycles. The van der Waals surface area contributed by atoms with Crippen LogP contribution < -0.4 is 16.0 Å². The molecule has 2 fully saturated rings. The van der Waals surface area contributed by atoms with Gasteiger partial charge in [-0.05, 0) is 75.1 Å². The fraction of sp³-hybridized carbons (Fsp3) is 0.591. The molecular weight excluding hydrogens is 358 g/mol. The van der Waals surface area contributed by atoms with Crippen LogP contribution in [0.3, 0.4) is 0 Å². The fourth-order valence-corrected chi connectivity index (χ4v) is 4.65. The van der Waals surface area contributed by atoms with Crippen LogP contribution in [0.5, 0.6) is 0 Å². The summed E-state index contributed by atoms with van der Waals surface area (Å²) in [6, 6.07) is 6.05. The van der Waals surface area contributed by atoms with Gasteiger partial charge in [-0.2, -0.15) is 0 Å². The number of halogens is 1. The van der Waals surface area contributed by atoms with Crippen LogP contribution in [0.25, 0.3) is 0 Å². The van der Waals surface area contributed by atoms with Gasteiger partial charge in [0.25, 0.3) is 5.91 Å². The van der Waals surface area contributed by atoms with Crippen molar-refractivity contribution in [3.8, 4) is 0 Å². The molecule has 4 nitrogen and oxygen atoms in total.